The number of allylic oxidation sites excluding steroid dienone is 1. The molecule has 1 nitrogen and oxygen atoms in total. The lowest BCUT2D eigenvalue weighted by Gasteiger charge is -2.10. The maximum absolute atomic E-state index is 2.53. The van der Waals surface area contributed by atoms with Crippen LogP contribution in [0.2, 0.25) is 0 Å². The average Bonchev–Trinajstić information content (AvgIpc) is 2.57. The molecule has 0 aromatic rings. The fourth-order valence-electron chi connectivity index (χ4n) is 1.63. The van der Waals surface area contributed by atoms with Crippen molar-refractivity contribution in [2.75, 3.05) is 19.6 Å². The van der Waals surface area contributed by atoms with Crippen LogP contribution in [0, 0.1) is 0 Å². The van der Waals surface area contributed by atoms with Gasteiger partial charge in [0.25, 0.3) is 0 Å². The number of likely N-dealkylation sites (tertiary alicyclic amines) is 1. The molecule has 12 heavy (non-hydrogen) atoms. The first-order valence-corrected chi connectivity index (χ1v) is 5.31. The lowest BCUT2D eigenvalue weighted by molar-refractivity contribution is 0.377. The zero-order valence-electron chi connectivity index (χ0n) is 8.26. The summed E-state index contributed by atoms with van der Waals surface area (Å²) in [7, 11) is 0. The summed E-state index contributed by atoms with van der Waals surface area (Å²) in [5.74, 6) is 0. The fourth-order valence-corrected chi connectivity index (χ4v) is 1.63. The van der Waals surface area contributed by atoms with Gasteiger partial charge in [-0.3, -0.25) is 4.90 Å². The first-order valence-electron chi connectivity index (χ1n) is 5.31. The van der Waals surface area contributed by atoms with Gasteiger partial charge in [0.2, 0.25) is 0 Å². The van der Waals surface area contributed by atoms with E-state index in [1.165, 1.54) is 51.7 Å². The quantitative estimate of drug-likeness (QED) is 0.449. The molecule has 0 aliphatic carbocycles. The van der Waals surface area contributed by atoms with Gasteiger partial charge in [-0.15, -0.1) is 0 Å². The molecule has 0 N–H and O–H groups in total. The number of nitrogens with zero attached hydrogens (tertiary/aromatic N) is 1. The number of hydrogen-bond acceptors (Lipinski definition) is 1. The SMILES string of the molecule is CCCC/C=C\CN1CCCC1. The number of rotatable bonds is 5. The molecule has 1 rings (SSSR count). The van der Waals surface area contributed by atoms with Gasteiger partial charge < -0.3 is 0 Å². The summed E-state index contributed by atoms with van der Waals surface area (Å²) in [5, 5.41) is 0. The van der Waals surface area contributed by atoms with Gasteiger partial charge in [-0.1, -0.05) is 31.9 Å². The van der Waals surface area contributed by atoms with Gasteiger partial charge in [0.05, 0.1) is 0 Å². The molecule has 0 aromatic heterocycles. The van der Waals surface area contributed by atoms with Crippen molar-refractivity contribution in [2.45, 2.75) is 39.0 Å². The largest absolute Gasteiger partial charge is 0.300 e. The van der Waals surface area contributed by atoms with E-state index in [0.29, 0.717) is 0 Å². The minimum absolute atomic E-state index is 1.18. The Bertz CT molecular complexity index is 123. The monoisotopic (exact) mass is 167 g/mol. The van der Waals surface area contributed by atoms with Crippen LogP contribution in [0.3, 0.4) is 0 Å². The molecule has 0 amide bonds. The van der Waals surface area contributed by atoms with Crippen LogP contribution in [0.4, 0.5) is 0 Å². The second-order valence-corrected chi connectivity index (χ2v) is 3.62. The summed E-state index contributed by atoms with van der Waals surface area (Å²) in [5.41, 5.74) is 0. The van der Waals surface area contributed by atoms with Crippen molar-refractivity contribution < 1.29 is 0 Å². The topological polar surface area (TPSA) is 3.24 Å². The molecule has 0 spiro atoms. The van der Waals surface area contributed by atoms with E-state index in [1.807, 2.05) is 0 Å². The van der Waals surface area contributed by atoms with E-state index in [2.05, 4.69) is 24.0 Å². The Balaban J connectivity index is 1.96. The normalized spacial score (nSPS) is 19.4. The van der Waals surface area contributed by atoms with Crippen molar-refractivity contribution >= 4 is 0 Å². The maximum atomic E-state index is 2.53. The van der Waals surface area contributed by atoms with Gasteiger partial charge >= 0.3 is 0 Å². The van der Waals surface area contributed by atoms with Crippen LogP contribution in [0.15, 0.2) is 12.2 Å². The lowest BCUT2D eigenvalue weighted by atomic mass is 10.2. The molecule has 1 aliphatic heterocycles. The standard InChI is InChI=1S/C11H21N/c1-2-3-4-5-6-9-12-10-7-8-11-12/h5-6H,2-4,7-11H2,1H3/b6-5-. The van der Waals surface area contributed by atoms with Crippen LogP contribution < -0.4 is 0 Å². The molecular weight excluding hydrogens is 146 g/mol. The Morgan fingerprint density at radius 1 is 1.17 bits per heavy atom. The molecule has 1 fully saturated rings. The van der Waals surface area contributed by atoms with E-state index in [4.69, 9.17) is 0 Å². The van der Waals surface area contributed by atoms with Gasteiger partial charge in [-0.25, -0.2) is 0 Å². The average molecular weight is 167 g/mol. The first-order chi connectivity index (χ1) is 5.93. The number of unbranched alkanes of at least 4 members (excludes halogenated alkanes) is 2. The van der Waals surface area contributed by atoms with E-state index >= 15 is 0 Å². The summed E-state index contributed by atoms with van der Waals surface area (Å²) in [6.07, 6.45) is 11.4. The van der Waals surface area contributed by atoms with Gasteiger partial charge in [0, 0.05) is 6.54 Å². The van der Waals surface area contributed by atoms with Gasteiger partial charge in [0.1, 0.15) is 0 Å². The van der Waals surface area contributed by atoms with E-state index in [1.54, 1.807) is 0 Å². The first kappa shape index (κ1) is 9.79. The zero-order chi connectivity index (χ0) is 8.65. The van der Waals surface area contributed by atoms with E-state index in [0.717, 1.165) is 0 Å². The predicted molar refractivity (Wildman–Crippen MR) is 54.3 cm³/mol. The van der Waals surface area contributed by atoms with E-state index in [-0.39, 0.29) is 0 Å². The second kappa shape index (κ2) is 6.24. The number of hydrogen-bond donors (Lipinski definition) is 0. The molecule has 1 heteroatoms. The van der Waals surface area contributed by atoms with Crippen LogP contribution in [0.25, 0.3) is 0 Å². The molecular formula is C11H21N. The molecule has 0 unspecified atom stereocenters. The van der Waals surface area contributed by atoms with Crippen molar-refractivity contribution in [2.24, 2.45) is 0 Å². The zero-order valence-corrected chi connectivity index (χ0v) is 8.26. The Labute approximate surface area is 76.5 Å². The van der Waals surface area contributed by atoms with Crippen LogP contribution in [-0.4, -0.2) is 24.5 Å². The third-order valence-corrected chi connectivity index (χ3v) is 2.45. The highest BCUT2D eigenvalue weighted by atomic mass is 15.1. The molecule has 0 atom stereocenters. The van der Waals surface area contributed by atoms with Crippen molar-refractivity contribution in [3.8, 4) is 0 Å². The van der Waals surface area contributed by atoms with Gasteiger partial charge in [0.15, 0.2) is 0 Å². The highest BCUT2D eigenvalue weighted by Crippen LogP contribution is 2.06. The van der Waals surface area contributed by atoms with Crippen molar-refractivity contribution in [1.82, 2.24) is 4.90 Å². The van der Waals surface area contributed by atoms with Crippen LogP contribution in [0.1, 0.15) is 39.0 Å². The molecule has 70 valence electrons. The summed E-state index contributed by atoms with van der Waals surface area (Å²) in [6, 6.07) is 0. The van der Waals surface area contributed by atoms with E-state index < -0.39 is 0 Å². The highest BCUT2D eigenvalue weighted by molar-refractivity contribution is 4.85. The third-order valence-electron chi connectivity index (χ3n) is 2.45. The highest BCUT2D eigenvalue weighted by Gasteiger charge is 2.08. The molecule has 0 saturated carbocycles. The molecule has 1 aliphatic rings. The Hall–Kier alpha value is -0.300. The summed E-state index contributed by atoms with van der Waals surface area (Å²) < 4.78 is 0. The summed E-state index contributed by atoms with van der Waals surface area (Å²) in [6.45, 7) is 6.06. The van der Waals surface area contributed by atoms with E-state index in [9.17, 15) is 0 Å². The third kappa shape index (κ3) is 3.91. The van der Waals surface area contributed by atoms with Crippen LogP contribution in [-0.2, 0) is 0 Å². The lowest BCUT2D eigenvalue weighted by Crippen LogP contribution is -2.18. The van der Waals surface area contributed by atoms with Crippen molar-refractivity contribution in [3.63, 3.8) is 0 Å². The van der Waals surface area contributed by atoms with Gasteiger partial charge in [-0.2, -0.15) is 0 Å². The second-order valence-electron chi connectivity index (χ2n) is 3.62. The summed E-state index contributed by atoms with van der Waals surface area (Å²) >= 11 is 0. The molecule has 1 heterocycles. The van der Waals surface area contributed by atoms with Crippen molar-refractivity contribution in [1.29, 1.82) is 0 Å². The van der Waals surface area contributed by atoms with Crippen LogP contribution in [0.5, 0.6) is 0 Å². The molecule has 1 saturated heterocycles. The van der Waals surface area contributed by atoms with Crippen LogP contribution >= 0.6 is 0 Å². The maximum Gasteiger partial charge on any atom is 0.0163 e. The summed E-state index contributed by atoms with van der Waals surface area (Å²) in [4.78, 5) is 2.53. The smallest absolute Gasteiger partial charge is 0.0163 e. The van der Waals surface area contributed by atoms with Crippen molar-refractivity contribution in [3.05, 3.63) is 12.2 Å². The minimum Gasteiger partial charge on any atom is -0.300 e. The minimum atomic E-state index is 1.18. The Kier molecular flexibility index (Phi) is 5.09. The van der Waals surface area contributed by atoms with Gasteiger partial charge in [-0.05, 0) is 32.4 Å². The Morgan fingerprint density at radius 3 is 2.58 bits per heavy atom. The molecule has 0 radical (unpaired) electrons. The molecule has 0 aromatic carbocycles. The molecule has 0 bridgehead atoms. The fraction of sp³-hybridized carbons (Fsp3) is 0.818. The Morgan fingerprint density at radius 2 is 1.92 bits per heavy atom. The predicted octanol–water partition coefficient (Wildman–Crippen LogP) is 2.83.